The number of hydrogen-bond acceptors (Lipinski definition) is 1. The van der Waals surface area contributed by atoms with Crippen LogP contribution in [0.2, 0.25) is 0 Å². The van der Waals surface area contributed by atoms with Gasteiger partial charge in [0.1, 0.15) is 0 Å². The maximum Gasteiger partial charge on any atom is 0.0172 e. The van der Waals surface area contributed by atoms with E-state index in [1.54, 1.807) is 0 Å². The highest BCUT2D eigenvalue weighted by Gasteiger charge is 2.18. The van der Waals surface area contributed by atoms with Gasteiger partial charge < -0.3 is 5.32 Å². The molecule has 0 aliphatic rings. The second-order valence-corrected chi connectivity index (χ2v) is 6.98. The zero-order chi connectivity index (χ0) is 14.2. The van der Waals surface area contributed by atoms with Crippen LogP contribution < -0.4 is 5.32 Å². The van der Waals surface area contributed by atoms with E-state index in [1.165, 1.54) is 31.4 Å². The lowest BCUT2D eigenvalue weighted by Crippen LogP contribution is -2.25. The maximum atomic E-state index is 4.20. The molecule has 0 radical (unpaired) electrons. The molecule has 108 valence electrons. The van der Waals surface area contributed by atoms with Crippen LogP contribution in [0.3, 0.4) is 0 Å². The highest BCUT2D eigenvalue weighted by molar-refractivity contribution is 4.96. The van der Waals surface area contributed by atoms with Gasteiger partial charge in [0.05, 0.1) is 0 Å². The second-order valence-electron chi connectivity index (χ2n) is 6.98. The molecule has 0 heterocycles. The number of nitrogens with one attached hydrogen (secondary N) is 1. The van der Waals surface area contributed by atoms with Gasteiger partial charge >= 0.3 is 0 Å². The summed E-state index contributed by atoms with van der Waals surface area (Å²) in [4.78, 5) is 0. The lowest BCUT2D eigenvalue weighted by atomic mass is 9.83. The molecule has 0 saturated carbocycles. The minimum absolute atomic E-state index is 0.387. The molecular formula is C17H35N. The zero-order valence-electron chi connectivity index (χ0n) is 13.6. The summed E-state index contributed by atoms with van der Waals surface area (Å²) in [5, 5.41) is 3.56. The van der Waals surface area contributed by atoms with Crippen LogP contribution in [0.4, 0.5) is 0 Å². The number of rotatable bonds is 10. The van der Waals surface area contributed by atoms with E-state index >= 15 is 0 Å². The summed E-state index contributed by atoms with van der Waals surface area (Å²) in [5.41, 5.74) is 1.61. The summed E-state index contributed by atoms with van der Waals surface area (Å²) < 4.78 is 0. The van der Waals surface area contributed by atoms with Crippen LogP contribution in [-0.2, 0) is 0 Å². The highest BCUT2D eigenvalue weighted by Crippen LogP contribution is 2.29. The third-order valence-electron chi connectivity index (χ3n) is 3.64. The summed E-state index contributed by atoms with van der Waals surface area (Å²) in [6.07, 6.45) is 6.20. The Kier molecular flexibility index (Phi) is 8.39. The van der Waals surface area contributed by atoms with Crippen LogP contribution in [0, 0.1) is 17.3 Å². The molecule has 18 heavy (non-hydrogen) atoms. The predicted octanol–water partition coefficient (Wildman–Crippen LogP) is 5.38. The monoisotopic (exact) mass is 253 g/mol. The van der Waals surface area contributed by atoms with Gasteiger partial charge in [-0.15, -0.1) is 0 Å². The molecule has 1 nitrogen and oxygen atoms in total. The van der Waals surface area contributed by atoms with Crippen molar-refractivity contribution in [1.82, 2.24) is 5.32 Å². The van der Waals surface area contributed by atoms with Crippen molar-refractivity contribution in [2.75, 3.05) is 6.54 Å². The van der Waals surface area contributed by atoms with Gasteiger partial charge in [0.2, 0.25) is 0 Å². The van der Waals surface area contributed by atoms with Gasteiger partial charge in [-0.3, -0.25) is 0 Å². The van der Waals surface area contributed by atoms with Crippen LogP contribution in [0.5, 0.6) is 0 Å². The fraction of sp³-hybridized carbons (Fsp3) is 0.882. The van der Waals surface area contributed by atoms with E-state index in [0.717, 1.165) is 24.8 Å². The van der Waals surface area contributed by atoms with Crippen molar-refractivity contribution in [3.05, 3.63) is 12.3 Å². The topological polar surface area (TPSA) is 12.0 Å². The van der Waals surface area contributed by atoms with Gasteiger partial charge in [0, 0.05) is 12.2 Å². The normalized spacial score (nSPS) is 13.7. The molecule has 0 aliphatic carbocycles. The Morgan fingerprint density at radius 1 is 1.22 bits per heavy atom. The molecule has 0 fully saturated rings. The van der Waals surface area contributed by atoms with Crippen LogP contribution in [0.15, 0.2) is 12.3 Å². The van der Waals surface area contributed by atoms with Gasteiger partial charge in [0.15, 0.2) is 0 Å². The minimum Gasteiger partial charge on any atom is -0.389 e. The summed E-state index contributed by atoms with van der Waals surface area (Å²) in [6.45, 7) is 19.1. The predicted molar refractivity (Wildman–Crippen MR) is 83.7 cm³/mol. The standard InChI is InChI=1S/C17H35N/c1-8-10-17(6,7)12-15(5)18-13-16(9-2)11-14(3)4/h14,16,18H,5,8-13H2,1-4,6-7H3. The molecule has 0 aromatic carbocycles. The molecule has 0 saturated heterocycles. The Morgan fingerprint density at radius 2 is 1.83 bits per heavy atom. The van der Waals surface area contributed by atoms with Crippen molar-refractivity contribution in [3.63, 3.8) is 0 Å². The first kappa shape index (κ1) is 17.5. The summed E-state index contributed by atoms with van der Waals surface area (Å²) in [6, 6.07) is 0. The largest absolute Gasteiger partial charge is 0.389 e. The summed E-state index contributed by atoms with van der Waals surface area (Å²) in [7, 11) is 0. The lowest BCUT2D eigenvalue weighted by molar-refractivity contribution is 0.315. The Labute approximate surface area is 115 Å². The fourth-order valence-electron chi connectivity index (χ4n) is 2.76. The molecule has 0 aromatic heterocycles. The third-order valence-corrected chi connectivity index (χ3v) is 3.64. The van der Waals surface area contributed by atoms with Crippen molar-refractivity contribution >= 4 is 0 Å². The van der Waals surface area contributed by atoms with Gasteiger partial charge in [-0.05, 0) is 36.5 Å². The van der Waals surface area contributed by atoms with E-state index in [1.807, 2.05) is 0 Å². The molecule has 1 unspecified atom stereocenters. The summed E-state index contributed by atoms with van der Waals surface area (Å²) in [5.74, 6) is 1.58. The average Bonchev–Trinajstić information content (AvgIpc) is 2.22. The fourth-order valence-corrected chi connectivity index (χ4v) is 2.76. The molecule has 0 aliphatic heterocycles. The van der Waals surface area contributed by atoms with E-state index in [4.69, 9.17) is 0 Å². The molecule has 0 aromatic rings. The van der Waals surface area contributed by atoms with Gasteiger partial charge in [0.25, 0.3) is 0 Å². The first-order valence-electron chi connectivity index (χ1n) is 7.72. The molecule has 1 atom stereocenters. The van der Waals surface area contributed by atoms with Crippen LogP contribution in [0.1, 0.15) is 73.6 Å². The SMILES string of the molecule is C=C(CC(C)(C)CCC)NCC(CC)CC(C)C. The van der Waals surface area contributed by atoms with Crippen molar-refractivity contribution < 1.29 is 0 Å². The Balaban J connectivity index is 4.01. The van der Waals surface area contributed by atoms with Gasteiger partial charge in [-0.2, -0.15) is 0 Å². The van der Waals surface area contributed by atoms with Gasteiger partial charge in [-0.1, -0.05) is 61.0 Å². The van der Waals surface area contributed by atoms with Crippen molar-refractivity contribution in [1.29, 1.82) is 0 Å². The molecular weight excluding hydrogens is 218 g/mol. The average molecular weight is 253 g/mol. The molecule has 0 rings (SSSR count). The molecule has 0 bridgehead atoms. The zero-order valence-corrected chi connectivity index (χ0v) is 13.6. The van der Waals surface area contributed by atoms with Crippen LogP contribution >= 0.6 is 0 Å². The van der Waals surface area contributed by atoms with Crippen molar-refractivity contribution in [2.24, 2.45) is 17.3 Å². The molecule has 0 spiro atoms. The van der Waals surface area contributed by atoms with Gasteiger partial charge in [-0.25, -0.2) is 0 Å². The van der Waals surface area contributed by atoms with E-state index in [2.05, 4.69) is 53.4 Å². The first-order valence-corrected chi connectivity index (χ1v) is 7.72. The van der Waals surface area contributed by atoms with Crippen LogP contribution in [0.25, 0.3) is 0 Å². The Bertz CT molecular complexity index is 228. The number of hydrogen-bond donors (Lipinski definition) is 1. The summed E-state index contributed by atoms with van der Waals surface area (Å²) >= 11 is 0. The molecule has 1 N–H and O–H groups in total. The minimum atomic E-state index is 0.387. The quantitative estimate of drug-likeness (QED) is 0.551. The van der Waals surface area contributed by atoms with E-state index in [9.17, 15) is 0 Å². The number of allylic oxidation sites excluding steroid dienone is 1. The van der Waals surface area contributed by atoms with E-state index in [-0.39, 0.29) is 0 Å². The lowest BCUT2D eigenvalue weighted by Gasteiger charge is -2.27. The Morgan fingerprint density at radius 3 is 2.28 bits per heavy atom. The second kappa shape index (κ2) is 8.61. The van der Waals surface area contributed by atoms with E-state index < -0.39 is 0 Å². The first-order chi connectivity index (χ1) is 8.30. The molecule has 0 amide bonds. The van der Waals surface area contributed by atoms with Crippen molar-refractivity contribution in [2.45, 2.75) is 73.6 Å². The van der Waals surface area contributed by atoms with E-state index in [0.29, 0.717) is 5.41 Å². The smallest absolute Gasteiger partial charge is 0.0172 e. The highest BCUT2D eigenvalue weighted by atomic mass is 14.9. The third kappa shape index (κ3) is 8.60. The van der Waals surface area contributed by atoms with Crippen LogP contribution in [-0.4, -0.2) is 6.54 Å². The van der Waals surface area contributed by atoms with Crippen molar-refractivity contribution in [3.8, 4) is 0 Å². The Hall–Kier alpha value is -0.460. The maximum absolute atomic E-state index is 4.20. The molecule has 1 heteroatoms.